The Balaban J connectivity index is 2.73. The largest absolute Gasteiger partial charge is 0.393 e. The number of aryl methyl sites for hydroxylation is 2. The summed E-state index contributed by atoms with van der Waals surface area (Å²) in [7, 11) is 0. The average molecular weight is 182 g/mol. The van der Waals surface area contributed by atoms with Gasteiger partial charge in [0.2, 0.25) is 0 Å². The molecule has 72 valence electrons. The van der Waals surface area contributed by atoms with E-state index in [1.54, 1.807) is 13.8 Å². The molecule has 0 fully saturated rings. The van der Waals surface area contributed by atoms with E-state index in [0.717, 1.165) is 5.69 Å². The van der Waals surface area contributed by atoms with Crippen LogP contribution in [0.4, 0.5) is 0 Å². The molecule has 1 N–H and O–H groups in total. The SMILES string of the molecule is Cc1cc(=O)n(CCC(C)O)cn1. The van der Waals surface area contributed by atoms with Gasteiger partial charge in [-0.05, 0) is 20.3 Å². The fourth-order valence-electron chi connectivity index (χ4n) is 1.01. The van der Waals surface area contributed by atoms with E-state index in [1.807, 2.05) is 0 Å². The maximum atomic E-state index is 11.3. The first-order chi connectivity index (χ1) is 6.09. The molecule has 0 aliphatic rings. The second kappa shape index (κ2) is 4.18. The summed E-state index contributed by atoms with van der Waals surface area (Å²) in [6.45, 7) is 4.00. The van der Waals surface area contributed by atoms with Crippen LogP contribution in [0.25, 0.3) is 0 Å². The summed E-state index contributed by atoms with van der Waals surface area (Å²) < 4.78 is 1.50. The molecular formula is C9H14N2O2. The van der Waals surface area contributed by atoms with Gasteiger partial charge in [-0.1, -0.05) is 0 Å². The first-order valence-electron chi connectivity index (χ1n) is 4.31. The first-order valence-corrected chi connectivity index (χ1v) is 4.31. The Morgan fingerprint density at radius 2 is 2.38 bits per heavy atom. The minimum atomic E-state index is -0.381. The summed E-state index contributed by atoms with van der Waals surface area (Å²) >= 11 is 0. The maximum absolute atomic E-state index is 11.3. The van der Waals surface area contributed by atoms with E-state index in [9.17, 15) is 4.79 Å². The molecule has 1 atom stereocenters. The molecular weight excluding hydrogens is 168 g/mol. The molecule has 1 aromatic rings. The van der Waals surface area contributed by atoms with Crippen LogP contribution in [0.3, 0.4) is 0 Å². The van der Waals surface area contributed by atoms with Crippen molar-refractivity contribution >= 4 is 0 Å². The molecule has 0 amide bonds. The van der Waals surface area contributed by atoms with Gasteiger partial charge in [0.15, 0.2) is 0 Å². The van der Waals surface area contributed by atoms with Crippen molar-refractivity contribution in [1.82, 2.24) is 9.55 Å². The van der Waals surface area contributed by atoms with E-state index < -0.39 is 0 Å². The van der Waals surface area contributed by atoms with Crippen LogP contribution in [0.5, 0.6) is 0 Å². The van der Waals surface area contributed by atoms with Gasteiger partial charge < -0.3 is 5.11 Å². The lowest BCUT2D eigenvalue weighted by Crippen LogP contribution is -2.21. The van der Waals surface area contributed by atoms with Gasteiger partial charge in [0.1, 0.15) is 0 Å². The molecule has 1 heterocycles. The third kappa shape index (κ3) is 2.99. The molecule has 4 heteroatoms. The fourth-order valence-corrected chi connectivity index (χ4v) is 1.01. The molecule has 1 aromatic heterocycles. The van der Waals surface area contributed by atoms with Crippen LogP contribution in [-0.4, -0.2) is 20.8 Å². The van der Waals surface area contributed by atoms with Crippen molar-refractivity contribution < 1.29 is 5.11 Å². The molecule has 1 rings (SSSR count). The highest BCUT2D eigenvalue weighted by atomic mass is 16.3. The maximum Gasteiger partial charge on any atom is 0.253 e. The van der Waals surface area contributed by atoms with E-state index in [0.29, 0.717) is 13.0 Å². The molecule has 0 aliphatic heterocycles. The van der Waals surface area contributed by atoms with Crippen molar-refractivity contribution in [3.8, 4) is 0 Å². The van der Waals surface area contributed by atoms with Gasteiger partial charge in [-0.15, -0.1) is 0 Å². The first kappa shape index (κ1) is 9.92. The van der Waals surface area contributed by atoms with Gasteiger partial charge in [0, 0.05) is 18.3 Å². The molecule has 4 nitrogen and oxygen atoms in total. The van der Waals surface area contributed by atoms with Crippen molar-refractivity contribution in [3.63, 3.8) is 0 Å². The van der Waals surface area contributed by atoms with E-state index in [2.05, 4.69) is 4.98 Å². The lowest BCUT2D eigenvalue weighted by Gasteiger charge is -2.06. The molecule has 0 saturated carbocycles. The lowest BCUT2D eigenvalue weighted by atomic mass is 10.3. The number of hydrogen-bond acceptors (Lipinski definition) is 3. The average Bonchev–Trinajstić information content (AvgIpc) is 2.02. The van der Waals surface area contributed by atoms with Crippen LogP contribution >= 0.6 is 0 Å². The summed E-state index contributed by atoms with van der Waals surface area (Å²) in [5.74, 6) is 0. The van der Waals surface area contributed by atoms with Gasteiger partial charge in [-0.3, -0.25) is 9.36 Å². The standard InChI is InChI=1S/C9H14N2O2/c1-7-5-9(13)11(6-10-7)4-3-8(2)12/h5-6,8,12H,3-4H2,1-2H3. The molecule has 0 aromatic carbocycles. The van der Waals surface area contributed by atoms with Crippen molar-refractivity contribution in [2.45, 2.75) is 32.9 Å². The van der Waals surface area contributed by atoms with E-state index in [1.165, 1.54) is 17.0 Å². The molecule has 0 radical (unpaired) electrons. The van der Waals surface area contributed by atoms with Crippen molar-refractivity contribution in [1.29, 1.82) is 0 Å². The Kier molecular flexibility index (Phi) is 3.19. The fraction of sp³-hybridized carbons (Fsp3) is 0.556. The van der Waals surface area contributed by atoms with Crippen molar-refractivity contribution in [2.24, 2.45) is 0 Å². The molecule has 0 saturated heterocycles. The summed E-state index contributed by atoms with van der Waals surface area (Å²) in [5, 5.41) is 9.02. The van der Waals surface area contributed by atoms with Gasteiger partial charge in [-0.25, -0.2) is 4.98 Å². The van der Waals surface area contributed by atoms with Crippen LogP contribution in [0, 0.1) is 6.92 Å². The van der Waals surface area contributed by atoms with Crippen molar-refractivity contribution in [2.75, 3.05) is 0 Å². The van der Waals surface area contributed by atoms with Crippen LogP contribution in [0.1, 0.15) is 19.0 Å². The minimum absolute atomic E-state index is 0.0619. The number of aromatic nitrogens is 2. The van der Waals surface area contributed by atoms with Crippen LogP contribution in [0.15, 0.2) is 17.2 Å². The summed E-state index contributed by atoms with van der Waals surface area (Å²) in [4.78, 5) is 15.3. The number of hydrogen-bond donors (Lipinski definition) is 1. The van der Waals surface area contributed by atoms with Gasteiger partial charge in [0.25, 0.3) is 5.56 Å². The molecule has 0 bridgehead atoms. The Morgan fingerprint density at radius 1 is 1.69 bits per heavy atom. The zero-order chi connectivity index (χ0) is 9.84. The number of aliphatic hydroxyl groups is 1. The van der Waals surface area contributed by atoms with Crippen LogP contribution < -0.4 is 5.56 Å². The smallest absolute Gasteiger partial charge is 0.253 e. The summed E-state index contributed by atoms with van der Waals surface area (Å²) in [6, 6.07) is 1.49. The van der Waals surface area contributed by atoms with E-state index in [-0.39, 0.29) is 11.7 Å². The lowest BCUT2D eigenvalue weighted by molar-refractivity contribution is 0.177. The highest BCUT2D eigenvalue weighted by Crippen LogP contribution is 1.92. The quantitative estimate of drug-likeness (QED) is 0.732. The topological polar surface area (TPSA) is 55.1 Å². The Morgan fingerprint density at radius 3 is 2.92 bits per heavy atom. The van der Waals surface area contributed by atoms with Gasteiger partial charge in [-0.2, -0.15) is 0 Å². The molecule has 13 heavy (non-hydrogen) atoms. The van der Waals surface area contributed by atoms with Gasteiger partial charge in [0.05, 0.1) is 12.4 Å². The van der Waals surface area contributed by atoms with Crippen LogP contribution in [-0.2, 0) is 6.54 Å². The Hall–Kier alpha value is -1.16. The third-order valence-electron chi connectivity index (χ3n) is 1.80. The monoisotopic (exact) mass is 182 g/mol. The minimum Gasteiger partial charge on any atom is -0.393 e. The highest BCUT2D eigenvalue weighted by Gasteiger charge is 1.99. The molecule has 0 aliphatic carbocycles. The highest BCUT2D eigenvalue weighted by molar-refractivity contribution is 4.95. The van der Waals surface area contributed by atoms with Gasteiger partial charge >= 0.3 is 0 Å². The summed E-state index contributed by atoms with van der Waals surface area (Å²) in [5.41, 5.74) is 0.659. The number of aliphatic hydroxyl groups excluding tert-OH is 1. The van der Waals surface area contributed by atoms with E-state index >= 15 is 0 Å². The van der Waals surface area contributed by atoms with Crippen LogP contribution in [0.2, 0.25) is 0 Å². The third-order valence-corrected chi connectivity index (χ3v) is 1.80. The Bertz CT molecular complexity index is 331. The number of nitrogens with zero attached hydrogens (tertiary/aromatic N) is 2. The normalized spacial score (nSPS) is 12.8. The second-order valence-electron chi connectivity index (χ2n) is 3.20. The Labute approximate surface area is 76.9 Å². The second-order valence-corrected chi connectivity index (χ2v) is 3.20. The number of rotatable bonds is 3. The zero-order valence-corrected chi connectivity index (χ0v) is 7.90. The predicted molar refractivity (Wildman–Crippen MR) is 49.5 cm³/mol. The molecule has 1 unspecified atom stereocenters. The molecule has 0 spiro atoms. The summed E-state index contributed by atoms with van der Waals surface area (Å²) in [6.07, 6.45) is 1.71. The van der Waals surface area contributed by atoms with Crippen molar-refractivity contribution in [3.05, 3.63) is 28.4 Å². The zero-order valence-electron chi connectivity index (χ0n) is 7.90. The van der Waals surface area contributed by atoms with E-state index in [4.69, 9.17) is 5.11 Å². The predicted octanol–water partition coefficient (Wildman–Crippen LogP) is 0.323.